The minimum atomic E-state index is -0.166. The number of carbonyl (C=O) groups is 1. The van der Waals surface area contributed by atoms with Crippen LogP contribution in [0.1, 0.15) is 28.2 Å². The standard InChI is InChI=1S/C21H16N2O3/c1-22-19-13-23-21(26-19)20(24)16-8-7-15-12-18(10-9-14(15)11-16)25-17-5-3-2-4-6-17/h2-6,9-10,12-13,16H,7-8,11H2. The van der Waals surface area contributed by atoms with E-state index < -0.39 is 0 Å². The number of hydrogen-bond donors (Lipinski definition) is 0. The van der Waals surface area contributed by atoms with E-state index in [2.05, 4.69) is 9.83 Å². The van der Waals surface area contributed by atoms with Crippen LogP contribution in [-0.4, -0.2) is 10.8 Å². The van der Waals surface area contributed by atoms with Gasteiger partial charge in [0, 0.05) is 5.92 Å². The van der Waals surface area contributed by atoms with Crippen LogP contribution in [0.5, 0.6) is 11.5 Å². The number of fused-ring (bicyclic) bond motifs is 1. The van der Waals surface area contributed by atoms with Crippen molar-refractivity contribution in [3.63, 3.8) is 0 Å². The number of hydrogen-bond acceptors (Lipinski definition) is 4. The summed E-state index contributed by atoms with van der Waals surface area (Å²) >= 11 is 0. The molecule has 5 nitrogen and oxygen atoms in total. The Morgan fingerprint density at radius 3 is 2.77 bits per heavy atom. The van der Waals surface area contributed by atoms with Gasteiger partial charge in [0.15, 0.2) is 0 Å². The van der Waals surface area contributed by atoms with E-state index in [0.717, 1.165) is 29.9 Å². The van der Waals surface area contributed by atoms with E-state index in [-0.39, 0.29) is 23.5 Å². The number of benzene rings is 2. The van der Waals surface area contributed by atoms with Gasteiger partial charge < -0.3 is 9.15 Å². The highest BCUT2D eigenvalue weighted by Crippen LogP contribution is 2.32. The SMILES string of the molecule is [C-]#[N+]c1cnc(C(=O)C2CCc3cc(Oc4ccccc4)ccc3C2)o1. The van der Waals surface area contributed by atoms with Crippen LogP contribution < -0.4 is 4.74 Å². The van der Waals surface area contributed by atoms with Gasteiger partial charge in [0.1, 0.15) is 11.5 Å². The molecule has 0 N–H and O–H groups in total. The molecular formula is C21H16N2O3. The van der Waals surface area contributed by atoms with Crippen molar-refractivity contribution < 1.29 is 13.9 Å². The predicted molar refractivity (Wildman–Crippen MR) is 95.6 cm³/mol. The molecule has 1 aliphatic rings. The van der Waals surface area contributed by atoms with Crippen LogP contribution in [0.4, 0.5) is 5.88 Å². The molecule has 0 amide bonds. The average molecular weight is 344 g/mol. The normalized spacial score (nSPS) is 15.7. The molecule has 0 fully saturated rings. The van der Waals surface area contributed by atoms with Gasteiger partial charge in [-0.15, -0.1) is 0 Å². The van der Waals surface area contributed by atoms with Gasteiger partial charge in [0.25, 0.3) is 0 Å². The molecule has 1 aromatic heterocycles. The largest absolute Gasteiger partial charge is 0.461 e. The first-order chi connectivity index (χ1) is 12.7. The molecule has 0 bridgehead atoms. The number of Topliss-reactive ketones (excluding diaryl/α,β-unsaturated/α-hetero) is 1. The van der Waals surface area contributed by atoms with E-state index in [1.54, 1.807) is 0 Å². The van der Waals surface area contributed by atoms with E-state index >= 15 is 0 Å². The maximum atomic E-state index is 12.6. The van der Waals surface area contributed by atoms with Gasteiger partial charge in [-0.2, -0.15) is 4.85 Å². The number of aryl methyl sites for hydroxylation is 1. The fourth-order valence-corrected chi connectivity index (χ4v) is 3.25. The van der Waals surface area contributed by atoms with Gasteiger partial charge in [-0.3, -0.25) is 4.79 Å². The molecule has 0 aliphatic heterocycles. The van der Waals surface area contributed by atoms with Crippen molar-refractivity contribution in [3.8, 4) is 11.5 Å². The van der Waals surface area contributed by atoms with Gasteiger partial charge in [-0.25, -0.2) is 4.98 Å². The van der Waals surface area contributed by atoms with Crippen LogP contribution in [0, 0.1) is 12.5 Å². The first-order valence-electron chi connectivity index (χ1n) is 8.45. The van der Waals surface area contributed by atoms with Crippen molar-refractivity contribution in [2.45, 2.75) is 19.3 Å². The second-order valence-corrected chi connectivity index (χ2v) is 6.27. The van der Waals surface area contributed by atoms with E-state index in [1.165, 1.54) is 11.8 Å². The maximum absolute atomic E-state index is 12.6. The summed E-state index contributed by atoms with van der Waals surface area (Å²) in [6, 6.07) is 15.7. The fraction of sp³-hybridized carbons (Fsp3) is 0.190. The molecule has 0 saturated carbocycles. The Morgan fingerprint density at radius 1 is 1.15 bits per heavy atom. The van der Waals surface area contributed by atoms with Gasteiger partial charge in [0.2, 0.25) is 11.7 Å². The smallest absolute Gasteiger partial charge is 0.365 e. The monoisotopic (exact) mass is 344 g/mol. The summed E-state index contributed by atoms with van der Waals surface area (Å²) in [6.07, 6.45) is 3.48. The molecule has 3 aromatic rings. The van der Waals surface area contributed by atoms with Crippen LogP contribution in [0.2, 0.25) is 0 Å². The third-order valence-corrected chi connectivity index (χ3v) is 4.57. The van der Waals surface area contributed by atoms with Crippen LogP contribution in [-0.2, 0) is 12.8 Å². The quantitative estimate of drug-likeness (QED) is 0.493. The number of rotatable bonds is 4. The Labute approximate surface area is 151 Å². The predicted octanol–water partition coefficient (Wildman–Crippen LogP) is 5.01. The molecule has 1 heterocycles. The Balaban J connectivity index is 1.49. The van der Waals surface area contributed by atoms with Gasteiger partial charge in [-0.1, -0.05) is 24.3 Å². The van der Waals surface area contributed by atoms with Crippen LogP contribution >= 0.6 is 0 Å². The summed E-state index contributed by atoms with van der Waals surface area (Å²) in [6.45, 7) is 6.91. The summed E-state index contributed by atoms with van der Waals surface area (Å²) in [5.41, 5.74) is 2.35. The summed E-state index contributed by atoms with van der Waals surface area (Å²) < 4.78 is 11.1. The molecule has 0 spiro atoms. The molecule has 0 saturated heterocycles. The van der Waals surface area contributed by atoms with Crippen molar-refractivity contribution in [3.05, 3.63) is 83.2 Å². The van der Waals surface area contributed by atoms with Crippen LogP contribution in [0.15, 0.2) is 59.1 Å². The van der Waals surface area contributed by atoms with Gasteiger partial charge >= 0.3 is 5.88 Å². The Morgan fingerprint density at radius 2 is 2.00 bits per heavy atom. The first kappa shape index (κ1) is 16.1. The van der Waals surface area contributed by atoms with E-state index in [9.17, 15) is 4.79 Å². The van der Waals surface area contributed by atoms with E-state index in [1.807, 2.05) is 48.5 Å². The molecule has 128 valence electrons. The lowest BCUT2D eigenvalue weighted by Crippen LogP contribution is -2.23. The summed E-state index contributed by atoms with van der Waals surface area (Å²) in [5.74, 6) is 1.39. The van der Waals surface area contributed by atoms with Crippen LogP contribution in [0.3, 0.4) is 0 Å². The van der Waals surface area contributed by atoms with E-state index in [0.29, 0.717) is 6.42 Å². The maximum Gasteiger partial charge on any atom is 0.365 e. The number of carbonyl (C=O) groups excluding carboxylic acids is 1. The van der Waals surface area contributed by atoms with Crippen LogP contribution in [0.25, 0.3) is 4.85 Å². The minimum absolute atomic E-state index is 0.0356. The molecule has 26 heavy (non-hydrogen) atoms. The zero-order valence-corrected chi connectivity index (χ0v) is 14.0. The second-order valence-electron chi connectivity index (χ2n) is 6.27. The number of nitrogens with zero attached hydrogens (tertiary/aromatic N) is 2. The van der Waals surface area contributed by atoms with Crippen molar-refractivity contribution in [1.29, 1.82) is 0 Å². The second kappa shape index (κ2) is 6.85. The Hall–Kier alpha value is -3.39. The summed E-state index contributed by atoms with van der Waals surface area (Å²) in [5, 5.41) is 0. The van der Waals surface area contributed by atoms with Gasteiger partial charge in [0.05, 0.1) is 12.8 Å². The highest BCUT2D eigenvalue weighted by molar-refractivity contribution is 5.94. The molecule has 1 atom stereocenters. The third-order valence-electron chi connectivity index (χ3n) is 4.57. The summed E-state index contributed by atoms with van der Waals surface area (Å²) in [4.78, 5) is 19.6. The lowest BCUT2D eigenvalue weighted by molar-refractivity contribution is 0.0874. The molecule has 1 aliphatic carbocycles. The molecule has 4 rings (SSSR count). The number of aromatic nitrogens is 1. The molecular weight excluding hydrogens is 328 g/mol. The molecule has 5 heteroatoms. The van der Waals surface area contributed by atoms with Crippen molar-refractivity contribution in [2.24, 2.45) is 5.92 Å². The molecule has 2 aromatic carbocycles. The van der Waals surface area contributed by atoms with Crippen molar-refractivity contribution >= 4 is 11.7 Å². The zero-order chi connectivity index (χ0) is 17.9. The molecule has 1 unspecified atom stereocenters. The minimum Gasteiger partial charge on any atom is -0.461 e. The lowest BCUT2D eigenvalue weighted by Gasteiger charge is -2.23. The first-order valence-corrected chi connectivity index (χ1v) is 8.45. The highest BCUT2D eigenvalue weighted by atomic mass is 16.5. The number of para-hydroxylation sites is 1. The third kappa shape index (κ3) is 3.22. The topological polar surface area (TPSA) is 56.7 Å². The van der Waals surface area contributed by atoms with Crippen molar-refractivity contribution in [1.82, 2.24) is 4.98 Å². The zero-order valence-electron chi connectivity index (χ0n) is 14.0. The highest BCUT2D eigenvalue weighted by Gasteiger charge is 2.28. The Kier molecular flexibility index (Phi) is 4.24. The Bertz CT molecular complexity index is 986. The summed E-state index contributed by atoms with van der Waals surface area (Å²) in [7, 11) is 0. The number of ether oxygens (including phenoxy) is 1. The average Bonchev–Trinajstić information content (AvgIpc) is 3.17. The van der Waals surface area contributed by atoms with Gasteiger partial charge in [-0.05, 0) is 54.7 Å². The lowest BCUT2D eigenvalue weighted by atomic mass is 9.81. The fourth-order valence-electron chi connectivity index (χ4n) is 3.25. The van der Waals surface area contributed by atoms with Crippen molar-refractivity contribution in [2.75, 3.05) is 0 Å². The molecule has 0 radical (unpaired) electrons. The number of oxazole rings is 1. The van der Waals surface area contributed by atoms with E-state index in [4.69, 9.17) is 15.7 Å². The number of ketones is 1.